The predicted octanol–water partition coefficient (Wildman–Crippen LogP) is 15.0. The van der Waals surface area contributed by atoms with Crippen LogP contribution in [0.1, 0.15) is 66.8 Å². The first-order chi connectivity index (χ1) is 27.6. The van der Waals surface area contributed by atoms with Crippen LogP contribution in [0, 0.1) is 13.8 Å². The van der Waals surface area contributed by atoms with Crippen LogP contribution in [0.25, 0.3) is 58.4 Å². The molecule has 0 aliphatic heterocycles. The van der Waals surface area contributed by atoms with Gasteiger partial charge in [-0.3, -0.25) is 0 Å². The van der Waals surface area contributed by atoms with Crippen LogP contribution in [0.2, 0.25) is 0 Å². The first-order valence-electron chi connectivity index (χ1n) is 19.3. The molecule has 0 spiro atoms. The van der Waals surface area contributed by atoms with E-state index in [1.165, 1.54) is 77.6 Å². The van der Waals surface area contributed by atoms with Gasteiger partial charge in [-0.2, -0.15) is 0 Å². The van der Waals surface area contributed by atoms with Crippen molar-refractivity contribution in [2.45, 2.75) is 13.8 Å². The summed E-state index contributed by atoms with van der Waals surface area (Å²) in [5, 5.41) is 2.44. The van der Waals surface area contributed by atoms with E-state index in [0.717, 1.165) is 11.1 Å². The molecule has 0 unspecified atom stereocenters. The third kappa shape index (κ3) is 8.21. The number of rotatable bonds is 10. The van der Waals surface area contributed by atoms with Gasteiger partial charge in [-0.25, -0.2) is 0 Å². The molecule has 0 amide bonds. The first kappa shape index (κ1) is 36.0. The fourth-order valence-electron chi connectivity index (χ4n) is 7.44. The van der Waals surface area contributed by atoms with Crippen molar-refractivity contribution in [3.63, 3.8) is 0 Å². The van der Waals surface area contributed by atoms with Crippen molar-refractivity contribution >= 4 is 58.4 Å². The van der Waals surface area contributed by atoms with E-state index in [1.807, 2.05) is 0 Å². The highest BCUT2D eigenvalue weighted by Crippen LogP contribution is 2.32. The van der Waals surface area contributed by atoms with Crippen molar-refractivity contribution in [2.75, 3.05) is 0 Å². The molecular weight excluding hydrogens is 673 g/mol. The minimum Gasteiger partial charge on any atom is -0.0622 e. The van der Waals surface area contributed by atoms with Gasteiger partial charge < -0.3 is 0 Å². The Kier molecular flexibility index (Phi) is 10.9. The van der Waals surface area contributed by atoms with Crippen LogP contribution in [0.4, 0.5) is 0 Å². The Hall–Kier alpha value is -7.02. The average Bonchev–Trinajstić information content (AvgIpc) is 3.25. The van der Waals surface area contributed by atoms with Gasteiger partial charge in [0.1, 0.15) is 0 Å². The van der Waals surface area contributed by atoms with Crippen LogP contribution in [-0.4, -0.2) is 0 Å². The number of fused-ring (bicyclic) bond motifs is 1. The lowest BCUT2D eigenvalue weighted by Crippen LogP contribution is -1.92. The molecule has 0 N–H and O–H groups in total. The molecule has 0 nitrogen and oxygen atoms in total. The Morgan fingerprint density at radius 1 is 0.304 bits per heavy atom. The molecule has 0 atom stereocenters. The SMILES string of the molecule is Cc1ccccc1/C(=C/c1ccccc1/C=C\c1cc2ccccc2cc1/C=C\c1ccccc1/C=C(\c1ccccc1)c1ccccc1C)c1ccccc1. The zero-order valence-corrected chi connectivity index (χ0v) is 31.9. The fraction of sp³-hybridized carbons (Fsp3) is 0.0357. The highest BCUT2D eigenvalue weighted by Gasteiger charge is 2.11. The van der Waals surface area contributed by atoms with Crippen molar-refractivity contribution in [3.8, 4) is 0 Å². The summed E-state index contributed by atoms with van der Waals surface area (Å²) in [6.45, 7) is 4.38. The van der Waals surface area contributed by atoms with Crippen molar-refractivity contribution in [2.24, 2.45) is 0 Å². The van der Waals surface area contributed by atoms with E-state index < -0.39 is 0 Å². The second-order valence-electron chi connectivity index (χ2n) is 14.2. The lowest BCUT2D eigenvalue weighted by atomic mass is 9.91. The average molecular weight is 717 g/mol. The van der Waals surface area contributed by atoms with Crippen LogP contribution in [0.5, 0.6) is 0 Å². The third-order valence-electron chi connectivity index (χ3n) is 10.5. The Bertz CT molecular complexity index is 2550. The molecule has 8 aromatic carbocycles. The van der Waals surface area contributed by atoms with E-state index in [-0.39, 0.29) is 0 Å². The summed E-state index contributed by atoms with van der Waals surface area (Å²) >= 11 is 0. The zero-order chi connectivity index (χ0) is 38.1. The van der Waals surface area contributed by atoms with E-state index in [4.69, 9.17) is 0 Å². The van der Waals surface area contributed by atoms with Crippen LogP contribution in [-0.2, 0) is 0 Å². The number of hydrogen-bond donors (Lipinski definition) is 0. The normalized spacial score (nSPS) is 12.2. The van der Waals surface area contributed by atoms with Crippen LogP contribution >= 0.6 is 0 Å². The van der Waals surface area contributed by atoms with E-state index in [2.05, 4.69) is 244 Å². The third-order valence-corrected chi connectivity index (χ3v) is 10.5. The Labute approximate surface area is 331 Å². The van der Waals surface area contributed by atoms with Gasteiger partial charge in [0.05, 0.1) is 0 Å². The Morgan fingerprint density at radius 2 is 0.625 bits per heavy atom. The molecule has 268 valence electrons. The van der Waals surface area contributed by atoms with Gasteiger partial charge in [-0.15, -0.1) is 0 Å². The van der Waals surface area contributed by atoms with Crippen LogP contribution in [0.3, 0.4) is 0 Å². The standard InChI is InChI=1S/C56H44/c1-41-19-9-17-31-53(41)55(45-23-5-3-6-24-45)39-49-29-13-11-21-43(49)33-35-51-37-47-27-15-16-28-48(47)38-52(51)36-34-44-22-12-14-30-50(44)40-56(46-25-7-4-8-26-46)54-32-18-10-20-42(54)2/h3-40H,1-2H3/b35-33-,36-34-,55-39+,56-40+. The summed E-state index contributed by atoms with van der Waals surface area (Å²) in [7, 11) is 0. The first-order valence-corrected chi connectivity index (χ1v) is 19.3. The summed E-state index contributed by atoms with van der Waals surface area (Å²) in [4.78, 5) is 0. The van der Waals surface area contributed by atoms with Crippen molar-refractivity contribution in [1.29, 1.82) is 0 Å². The summed E-state index contributed by atoms with van der Waals surface area (Å²) in [6.07, 6.45) is 13.7. The number of aryl methyl sites for hydroxylation is 2. The molecule has 8 rings (SSSR count). The van der Waals surface area contributed by atoms with Crippen LogP contribution in [0.15, 0.2) is 194 Å². The maximum absolute atomic E-state index is 2.34. The smallest absolute Gasteiger partial charge is 0.0103 e. The second kappa shape index (κ2) is 17.0. The molecule has 8 aromatic rings. The zero-order valence-electron chi connectivity index (χ0n) is 31.9. The quantitative estimate of drug-likeness (QED) is 0.124. The molecule has 0 heteroatoms. The van der Waals surface area contributed by atoms with Gasteiger partial charge in [0.15, 0.2) is 0 Å². The molecule has 0 heterocycles. The van der Waals surface area contributed by atoms with E-state index in [1.54, 1.807) is 0 Å². The second-order valence-corrected chi connectivity index (χ2v) is 14.2. The minimum atomic E-state index is 1.16. The maximum Gasteiger partial charge on any atom is -0.0103 e. The van der Waals surface area contributed by atoms with E-state index in [9.17, 15) is 0 Å². The summed E-state index contributed by atoms with van der Waals surface area (Å²) in [5.41, 5.74) is 16.8. The summed E-state index contributed by atoms with van der Waals surface area (Å²) < 4.78 is 0. The van der Waals surface area contributed by atoms with Gasteiger partial charge in [-0.1, -0.05) is 206 Å². The molecule has 0 radical (unpaired) electrons. The topological polar surface area (TPSA) is 0 Å². The van der Waals surface area contributed by atoms with Gasteiger partial charge in [0.2, 0.25) is 0 Å². The van der Waals surface area contributed by atoms with E-state index >= 15 is 0 Å². The van der Waals surface area contributed by atoms with Gasteiger partial charge in [0.25, 0.3) is 0 Å². The molecule has 0 saturated carbocycles. The lowest BCUT2D eigenvalue weighted by Gasteiger charge is -2.13. The molecular formula is C56H44. The maximum atomic E-state index is 2.34. The highest BCUT2D eigenvalue weighted by molar-refractivity contribution is 5.97. The summed E-state index contributed by atoms with van der Waals surface area (Å²) in [5.74, 6) is 0. The lowest BCUT2D eigenvalue weighted by molar-refractivity contribution is 1.42. The Balaban J connectivity index is 1.20. The van der Waals surface area contributed by atoms with Crippen molar-refractivity contribution in [3.05, 3.63) is 261 Å². The summed E-state index contributed by atoms with van der Waals surface area (Å²) in [6, 6.07) is 69.3. The predicted molar refractivity (Wildman–Crippen MR) is 244 cm³/mol. The molecule has 0 aromatic heterocycles. The van der Waals surface area contributed by atoms with Gasteiger partial charge in [0, 0.05) is 0 Å². The number of benzene rings is 8. The number of hydrogen-bond acceptors (Lipinski definition) is 0. The van der Waals surface area contributed by atoms with Gasteiger partial charge in [-0.05, 0) is 127 Å². The monoisotopic (exact) mass is 716 g/mol. The minimum absolute atomic E-state index is 1.16. The van der Waals surface area contributed by atoms with Crippen LogP contribution < -0.4 is 0 Å². The van der Waals surface area contributed by atoms with Crippen molar-refractivity contribution < 1.29 is 0 Å². The largest absolute Gasteiger partial charge is 0.0622 e. The van der Waals surface area contributed by atoms with Crippen molar-refractivity contribution in [1.82, 2.24) is 0 Å². The molecule has 0 saturated heterocycles. The van der Waals surface area contributed by atoms with E-state index in [0.29, 0.717) is 0 Å². The Morgan fingerprint density at radius 3 is 1.04 bits per heavy atom. The molecule has 0 aliphatic rings. The molecule has 0 bridgehead atoms. The fourth-order valence-corrected chi connectivity index (χ4v) is 7.44. The van der Waals surface area contributed by atoms with Gasteiger partial charge >= 0.3 is 0 Å². The molecule has 56 heavy (non-hydrogen) atoms. The highest BCUT2D eigenvalue weighted by atomic mass is 14.2. The molecule has 0 aliphatic carbocycles. The molecule has 0 fully saturated rings.